The van der Waals surface area contributed by atoms with Gasteiger partial charge in [-0.05, 0) is 42.2 Å². The van der Waals surface area contributed by atoms with Crippen LogP contribution in [0.4, 0.5) is 4.79 Å². The van der Waals surface area contributed by atoms with Gasteiger partial charge in [0.15, 0.2) is 24.6 Å². The van der Waals surface area contributed by atoms with E-state index < -0.39 is 144 Å². The monoisotopic (exact) mass is 1320 g/mol. The summed E-state index contributed by atoms with van der Waals surface area (Å²) in [5.74, 6) is -7.25. The molecule has 0 bridgehead atoms. The molecule has 10 rings (SSSR count). The molecule has 6 aliphatic rings. The van der Waals surface area contributed by atoms with Crippen molar-refractivity contribution in [2.24, 2.45) is 5.73 Å². The second-order valence-corrected chi connectivity index (χ2v) is 23.7. The molecule has 3 aliphatic heterocycles. The molecule has 0 unspecified atom stereocenters. The van der Waals surface area contributed by atoms with Crippen LogP contribution in [0.5, 0.6) is 17.2 Å². The maximum atomic E-state index is 14.3. The molecule has 0 radical (unpaired) electrons. The SMILES string of the molecule is COc1cccc2c1C(=O)c1c(O)c3c(c(O)c1C2=O)C[C@@](O)(C(=O)NCCNC(=O)[C@H](C)NC(=O)[C@H](CC(N)=O)NC(=O)CCOCCOCCOCCOCCNC(=O)OCC1c2ccccc2-c2ccccc21)C[C@@H]3O[C@H]1C[C@H]2[C@H](O[C@@H]3[C@@H](OC)OCCN32)[C@H](C)O1. The molecule has 3 saturated heterocycles. The third-order valence-electron chi connectivity index (χ3n) is 17.6. The number of ketones is 2. The van der Waals surface area contributed by atoms with Gasteiger partial charge < -0.3 is 99.7 Å². The first kappa shape index (κ1) is 69.6. The summed E-state index contributed by atoms with van der Waals surface area (Å²) in [6.07, 6.45) is -7.09. The normalized spacial score (nSPS) is 23.1. The van der Waals surface area contributed by atoms with E-state index in [4.69, 9.17) is 57.8 Å². The predicted octanol–water partition coefficient (Wildman–Crippen LogP) is 1.24. The first-order valence-electron chi connectivity index (χ1n) is 31.6. The average molecular weight is 1320 g/mol. The molecule has 6 amide bonds. The van der Waals surface area contributed by atoms with E-state index in [0.717, 1.165) is 22.3 Å². The van der Waals surface area contributed by atoms with Crippen molar-refractivity contribution < 1.29 is 106 Å². The van der Waals surface area contributed by atoms with Crippen LogP contribution in [0.3, 0.4) is 0 Å². The Morgan fingerprint density at radius 3 is 2.05 bits per heavy atom. The number of morpholine rings is 1. The second kappa shape index (κ2) is 31.6. The minimum absolute atomic E-state index is 0.0337. The Balaban J connectivity index is 0.630. The van der Waals surface area contributed by atoms with Gasteiger partial charge in [0.05, 0.1) is 102 Å². The third kappa shape index (κ3) is 15.7. The number of ether oxygens (including phenoxy) is 11. The van der Waals surface area contributed by atoms with E-state index in [9.17, 15) is 53.7 Å². The number of primary amides is 1. The Kier molecular flexibility index (Phi) is 23.1. The number of phenolic OH excluding ortho intramolecular Hbond substituents is 2. The molecule has 3 heterocycles. The van der Waals surface area contributed by atoms with E-state index in [1.807, 2.05) is 24.3 Å². The number of alkyl carbamates (subject to hydrolysis) is 1. The topological polar surface area (TPSA) is 388 Å². The van der Waals surface area contributed by atoms with Crippen molar-refractivity contribution in [3.63, 3.8) is 0 Å². The second-order valence-electron chi connectivity index (χ2n) is 23.7. The van der Waals surface area contributed by atoms with Gasteiger partial charge in [-0.1, -0.05) is 60.7 Å². The molecule has 29 heteroatoms. The van der Waals surface area contributed by atoms with Gasteiger partial charge in [-0.25, -0.2) is 4.79 Å². The Morgan fingerprint density at radius 2 is 1.38 bits per heavy atom. The summed E-state index contributed by atoms with van der Waals surface area (Å²) < 4.78 is 63.6. The maximum absolute atomic E-state index is 14.3. The minimum Gasteiger partial charge on any atom is -0.507 e. The minimum atomic E-state index is -2.42. The molecule has 95 heavy (non-hydrogen) atoms. The van der Waals surface area contributed by atoms with Gasteiger partial charge in [0, 0.05) is 87.6 Å². The maximum Gasteiger partial charge on any atom is 0.407 e. The van der Waals surface area contributed by atoms with Crippen molar-refractivity contribution in [3.8, 4) is 28.4 Å². The average Bonchev–Trinajstić information content (AvgIpc) is 1.71. The van der Waals surface area contributed by atoms with Gasteiger partial charge in [-0.3, -0.25) is 38.5 Å². The molecular weight excluding hydrogens is 1240 g/mol. The summed E-state index contributed by atoms with van der Waals surface area (Å²) in [5.41, 5.74) is 5.88. The highest BCUT2D eigenvalue weighted by Gasteiger charge is 2.55. The largest absolute Gasteiger partial charge is 0.507 e. The number of amides is 6. The van der Waals surface area contributed by atoms with Gasteiger partial charge in [0.25, 0.3) is 5.91 Å². The number of nitrogens with two attached hydrogens (primary N) is 1. The highest BCUT2D eigenvalue weighted by Crippen LogP contribution is 2.53. The number of phenols is 2. The number of nitrogens with one attached hydrogen (secondary N) is 5. The molecule has 3 aliphatic carbocycles. The standard InChI is InChI=1S/C66H81N7O22/c1-35(71-61(81)44(30-48(67)74)72-49(75)16-21-87-24-26-89-28-29-90-27-25-88-22-19-70-65(83)92-34-43-39-12-7-5-10-37(39)38-11-6-8-13-40(38)43)60(80)68-17-18-69-64(82)66(84)32-42-52(58(79)54-53(56(42)77)55(76)41-14-9-15-46(85-3)51(41)57(54)78)47(33-66)94-50-31-45-59(36(2)93-50)95-62-63(86-4)91-23-20-73(45)62/h5-15,35-36,43-45,47,50,59,62-63,77,79,84H,16-34H2,1-4H3,(H2,67,74)(H,68,80)(H,69,82)(H,70,83)(H,71,81)(H,72,75)/t35-,36-,44-,45-,47-,50-,59+,62+,63-,66-/m0/s1. The Hall–Kier alpha value is -8.20. The molecular formula is C66H81N7O22. The van der Waals surface area contributed by atoms with Gasteiger partial charge in [-0.2, -0.15) is 0 Å². The molecule has 10 N–H and O–H groups in total. The van der Waals surface area contributed by atoms with Crippen molar-refractivity contribution in [2.75, 3.05) is 106 Å². The number of hydrogen-bond acceptors (Lipinski definition) is 23. The smallest absolute Gasteiger partial charge is 0.407 e. The molecule has 512 valence electrons. The fraction of sp³-hybridized carbons (Fsp3) is 0.515. The summed E-state index contributed by atoms with van der Waals surface area (Å²) in [5, 5.41) is 49.3. The zero-order valence-corrected chi connectivity index (χ0v) is 53.2. The van der Waals surface area contributed by atoms with Crippen molar-refractivity contribution in [1.82, 2.24) is 31.5 Å². The Labute approximate surface area is 547 Å². The van der Waals surface area contributed by atoms with Crippen LogP contribution >= 0.6 is 0 Å². The Bertz CT molecular complexity index is 3450. The summed E-state index contributed by atoms with van der Waals surface area (Å²) in [6.45, 7) is 5.61. The van der Waals surface area contributed by atoms with E-state index in [0.29, 0.717) is 26.4 Å². The molecule has 10 atom stereocenters. The Morgan fingerprint density at radius 1 is 0.737 bits per heavy atom. The van der Waals surface area contributed by atoms with Gasteiger partial charge >= 0.3 is 6.09 Å². The van der Waals surface area contributed by atoms with Crippen LogP contribution in [-0.2, 0) is 77.8 Å². The number of hydrogen-bond donors (Lipinski definition) is 9. The zero-order valence-electron chi connectivity index (χ0n) is 53.2. The number of carbonyl (C=O) groups excluding carboxylic acids is 8. The number of rotatable bonds is 31. The highest BCUT2D eigenvalue weighted by molar-refractivity contribution is 6.31. The van der Waals surface area contributed by atoms with Crippen molar-refractivity contribution >= 4 is 47.2 Å². The quantitative estimate of drug-likeness (QED) is 0.0223. The summed E-state index contributed by atoms with van der Waals surface area (Å²) in [4.78, 5) is 109. The number of carbonyl (C=O) groups is 8. The van der Waals surface area contributed by atoms with E-state index in [-0.39, 0.29) is 119 Å². The van der Waals surface area contributed by atoms with E-state index in [1.54, 1.807) is 6.92 Å². The van der Waals surface area contributed by atoms with Crippen LogP contribution in [-0.4, -0.2) is 229 Å². The number of aliphatic hydroxyl groups is 1. The van der Waals surface area contributed by atoms with Crippen LogP contribution in [0, 0.1) is 0 Å². The van der Waals surface area contributed by atoms with Gasteiger partial charge in [-0.15, -0.1) is 0 Å². The molecule has 4 aromatic carbocycles. The summed E-state index contributed by atoms with van der Waals surface area (Å²) in [6, 6.07) is 17.6. The zero-order chi connectivity index (χ0) is 67.5. The van der Waals surface area contributed by atoms with Crippen LogP contribution in [0.25, 0.3) is 11.1 Å². The van der Waals surface area contributed by atoms with E-state index in [2.05, 4.69) is 55.7 Å². The molecule has 0 saturated carbocycles. The van der Waals surface area contributed by atoms with Gasteiger partial charge in [0.1, 0.15) is 47.6 Å². The lowest BCUT2D eigenvalue weighted by Crippen LogP contribution is -2.56. The van der Waals surface area contributed by atoms with Crippen LogP contribution < -0.4 is 37.1 Å². The van der Waals surface area contributed by atoms with Gasteiger partial charge in [0.2, 0.25) is 29.4 Å². The lowest BCUT2D eigenvalue weighted by Gasteiger charge is -2.43. The highest BCUT2D eigenvalue weighted by atomic mass is 16.7. The molecule has 0 aromatic heterocycles. The van der Waals surface area contributed by atoms with Crippen molar-refractivity contribution in [2.45, 2.75) is 113 Å². The number of benzene rings is 4. The molecule has 4 aromatic rings. The first-order chi connectivity index (χ1) is 45.8. The van der Waals surface area contributed by atoms with E-state index in [1.165, 1.54) is 39.3 Å². The van der Waals surface area contributed by atoms with Crippen molar-refractivity contribution in [3.05, 3.63) is 111 Å². The van der Waals surface area contributed by atoms with Crippen LogP contribution in [0.2, 0.25) is 0 Å². The van der Waals surface area contributed by atoms with Crippen LogP contribution in [0.1, 0.15) is 106 Å². The molecule has 0 spiro atoms. The first-order valence-corrected chi connectivity index (χ1v) is 31.6. The van der Waals surface area contributed by atoms with Crippen molar-refractivity contribution in [1.29, 1.82) is 0 Å². The number of methoxy groups -OCH3 is 2. The lowest BCUT2D eigenvalue weighted by atomic mass is 9.72. The molecule has 29 nitrogen and oxygen atoms in total. The number of nitrogens with zero attached hydrogens (tertiary/aromatic N) is 1. The van der Waals surface area contributed by atoms with E-state index >= 15 is 0 Å². The lowest BCUT2D eigenvalue weighted by molar-refractivity contribution is -0.256. The predicted molar refractivity (Wildman–Crippen MR) is 332 cm³/mol. The third-order valence-corrected chi connectivity index (χ3v) is 17.6. The number of fused-ring (bicyclic) bond motifs is 9. The summed E-state index contributed by atoms with van der Waals surface area (Å²) >= 11 is 0. The molecule has 3 fully saturated rings. The number of aromatic hydroxyl groups is 2. The summed E-state index contributed by atoms with van der Waals surface area (Å²) in [7, 11) is 2.82. The fourth-order valence-electron chi connectivity index (χ4n) is 13.0. The fourth-order valence-corrected chi connectivity index (χ4v) is 13.0. The van der Waals surface area contributed by atoms with Crippen LogP contribution in [0.15, 0.2) is 66.7 Å².